The summed E-state index contributed by atoms with van der Waals surface area (Å²) < 4.78 is 83.4. The monoisotopic (exact) mass is 448 g/mol. The van der Waals surface area contributed by atoms with Crippen LogP contribution in [0.25, 0.3) is 6.08 Å². The number of rotatable bonds is 5. The largest absolute Gasteiger partial charge is 0.496 e. The number of hydrogen-bond donors (Lipinski definition) is 0. The highest BCUT2D eigenvalue weighted by Gasteiger charge is 2.29. The topological polar surface area (TPSA) is 44.8 Å². The molecule has 4 rings (SSSR count). The molecule has 0 saturated heterocycles. The maximum Gasteiger partial charge on any atom is 0.231 e. The minimum absolute atomic E-state index is 0.000895. The van der Waals surface area contributed by atoms with Gasteiger partial charge in [-0.3, -0.25) is 4.79 Å². The van der Waals surface area contributed by atoms with Crippen LogP contribution in [0.3, 0.4) is 0 Å². The lowest BCUT2D eigenvalue weighted by Crippen LogP contribution is -2.09. The molecule has 0 bridgehead atoms. The van der Waals surface area contributed by atoms with Crippen molar-refractivity contribution in [3.8, 4) is 17.2 Å². The van der Waals surface area contributed by atoms with E-state index in [4.69, 9.17) is 14.2 Å². The lowest BCUT2D eigenvalue weighted by molar-refractivity contribution is 0.101. The molecule has 1 aliphatic heterocycles. The van der Waals surface area contributed by atoms with Crippen molar-refractivity contribution in [3.05, 3.63) is 94.0 Å². The second-order valence-electron chi connectivity index (χ2n) is 6.68. The lowest BCUT2D eigenvalue weighted by atomic mass is 10.1. The van der Waals surface area contributed by atoms with E-state index < -0.39 is 47.0 Å². The molecule has 0 radical (unpaired) electrons. The first-order valence-corrected chi connectivity index (χ1v) is 9.16. The van der Waals surface area contributed by atoms with E-state index >= 15 is 0 Å². The van der Waals surface area contributed by atoms with E-state index in [0.717, 1.165) is 0 Å². The average Bonchev–Trinajstić information content (AvgIpc) is 3.11. The van der Waals surface area contributed by atoms with Crippen LogP contribution in [0.15, 0.2) is 48.2 Å². The van der Waals surface area contributed by atoms with Gasteiger partial charge < -0.3 is 14.2 Å². The van der Waals surface area contributed by atoms with Crippen molar-refractivity contribution in [1.29, 1.82) is 0 Å². The Kier molecular flexibility index (Phi) is 5.56. The second-order valence-corrected chi connectivity index (χ2v) is 6.68. The Bertz CT molecular complexity index is 1240. The van der Waals surface area contributed by atoms with Crippen molar-refractivity contribution in [1.82, 2.24) is 0 Å². The van der Waals surface area contributed by atoms with Crippen molar-refractivity contribution >= 4 is 11.9 Å². The molecule has 0 saturated carbocycles. The van der Waals surface area contributed by atoms with Crippen LogP contribution in [-0.4, -0.2) is 12.9 Å². The van der Waals surface area contributed by atoms with Crippen molar-refractivity contribution in [2.45, 2.75) is 6.61 Å². The minimum atomic E-state index is -2.25. The highest BCUT2D eigenvalue weighted by atomic mass is 19.2. The van der Waals surface area contributed by atoms with Gasteiger partial charge in [0.2, 0.25) is 11.6 Å². The zero-order valence-electron chi connectivity index (χ0n) is 16.3. The summed E-state index contributed by atoms with van der Waals surface area (Å²) >= 11 is 0. The quantitative estimate of drug-likeness (QED) is 0.221. The summed E-state index contributed by atoms with van der Waals surface area (Å²) in [7, 11) is 1.48. The third-order valence-corrected chi connectivity index (χ3v) is 4.75. The van der Waals surface area contributed by atoms with Crippen molar-refractivity contribution in [2.75, 3.05) is 7.11 Å². The maximum atomic E-state index is 13.8. The van der Waals surface area contributed by atoms with Gasteiger partial charge in [0.25, 0.3) is 0 Å². The number of benzene rings is 3. The van der Waals surface area contributed by atoms with Gasteiger partial charge in [-0.15, -0.1) is 0 Å². The van der Waals surface area contributed by atoms with E-state index in [1.54, 1.807) is 24.3 Å². The molecule has 1 aliphatic rings. The number of para-hydroxylation sites is 1. The Balaban J connectivity index is 1.57. The third-order valence-electron chi connectivity index (χ3n) is 4.75. The Labute approximate surface area is 178 Å². The fourth-order valence-corrected chi connectivity index (χ4v) is 3.12. The number of halogens is 5. The number of carbonyl (C=O) groups is 1. The first-order valence-electron chi connectivity index (χ1n) is 9.16. The Morgan fingerprint density at radius 1 is 0.906 bits per heavy atom. The standard InChI is InChI=1S/C23H13F5O4/c1-30-15-5-3-2-4-11(15)8-17-23(29)13-7-6-12(9-16(13)32-17)31-10-14-18(24)20(26)22(28)21(27)19(14)25/h2-9H,10H2,1H3. The van der Waals surface area contributed by atoms with Gasteiger partial charge in [0.1, 0.15) is 23.9 Å². The molecule has 3 aromatic rings. The van der Waals surface area contributed by atoms with Gasteiger partial charge in [-0.05, 0) is 24.3 Å². The summed E-state index contributed by atoms with van der Waals surface area (Å²) in [6.07, 6.45) is 1.50. The summed E-state index contributed by atoms with van der Waals surface area (Å²) in [6, 6.07) is 10.9. The number of hydrogen-bond acceptors (Lipinski definition) is 4. The van der Waals surface area contributed by atoms with Crippen LogP contribution in [0.4, 0.5) is 22.0 Å². The smallest absolute Gasteiger partial charge is 0.231 e. The minimum Gasteiger partial charge on any atom is -0.496 e. The van der Waals surface area contributed by atoms with Gasteiger partial charge in [-0.2, -0.15) is 0 Å². The first-order chi connectivity index (χ1) is 15.3. The summed E-state index contributed by atoms with van der Waals surface area (Å²) in [6.45, 7) is -0.928. The fourth-order valence-electron chi connectivity index (χ4n) is 3.12. The summed E-state index contributed by atoms with van der Waals surface area (Å²) in [4.78, 5) is 12.6. The number of fused-ring (bicyclic) bond motifs is 1. The SMILES string of the molecule is COc1ccccc1C=C1Oc2cc(OCc3c(F)c(F)c(F)c(F)c3F)ccc2C1=O. The average molecular weight is 448 g/mol. The molecule has 0 fully saturated rings. The molecular formula is C23H13F5O4. The zero-order valence-corrected chi connectivity index (χ0v) is 16.3. The predicted octanol–water partition coefficient (Wildman–Crippen LogP) is 5.59. The second kappa shape index (κ2) is 8.33. The molecule has 0 N–H and O–H groups in total. The van der Waals surface area contributed by atoms with E-state index in [2.05, 4.69) is 0 Å². The fraction of sp³-hybridized carbons (Fsp3) is 0.0870. The molecule has 0 amide bonds. The first kappa shape index (κ1) is 21.4. The molecule has 1 heterocycles. The number of allylic oxidation sites excluding steroid dienone is 1. The molecule has 3 aromatic carbocycles. The van der Waals surface area contributed by atoms with E-state index in [0.29, 0.717) is 11.3 Å². The van der Waals surface area contributed by atoms with Crippen LogP contribution < -0.4 is 14.2 Å². The van der Waals surface area contributed by atoms with E-state index in [-0.39, 0.29) is 22.8 Å². The van der Waals surface area contributed by atoms with Crippen LogP contribution in [0.5, 0.6) is 17.2 Å². The summed E-state index contributed by atoms with van der Waals surface area (Å²) in [5.41, 5.74) is -0.292. The van der Waals surface area contributed by atoms with Gasteiger partial charge in [0, 0.05) is 11.6 Å². The van der Waals surface area contributed by atoms with Crippen LogP contribution in [0, 0.1) is 29.1 Å². The van der Waals surface area contributed by atoms with Gasteiger partial charge in [0.05, 0.1) is 18.2 Å². The van der Waals surface area contributed by atoms with E-state index in [1.807, 2.05) is 0 Å². The van der Waals surface area contributed by atoms with E-state index in [9.17, 15) is 26.7 Å². The van der Waals surface area contributed by atoms with Crippen molar-refractivity contribution < 1.29 is 41.0 Å². The molecule has 164 valence electrons. The Morgan fingerprint density at radius 2 is 1.56 bits per heavy atom. The van der Waals surface area contributed by atoms with Crippen molar-refractivity contribution in [3.63, 3.8) is 0 Å². The summed E-state index contributed by atoms with van der Waals surface area (Å²) in [5.74, 6) is -10.1. The lowest BCUT2D eigenvalue weighted by Gasteiger charge is -2.10. The predicted molar refractivity (Wildman–Crippen MR) is 103 cm³/mol. The molecule has 9 heteroatoms. The number of Topliss-reactive ketones (excluding diaryl/α,β-unsaturated/α-hetero) is 1. The molecule has 0 aromatic heterocycles. The van der Waals surface area contributed by atoms with Gasteiger partial charge >= 0.3 is 0 Å². The number of ether oxygens (including phenoxy) is 3. The van der Waals surface area contributed by atoms with E-state index in [1.165, 1.54) is 31.4 Å². The number of carbonyl (C=O) groups excluding carboxylic acids is 1. The zero-order chi connectivity index (χ0) is 23.0. The van der Waals surface area contributed by atoms with Crippen LogP contribution in [0.1, 0.15) is 21.5 Å². The van der Waals surface area contributed by atoms with Gasteiger partial charge in [0.15, 0.2) is 29.0 Å². The van der Waals surface area contributed by atoms with Crippen molar-refractivity contribution in [2.24, 2.45) is 0 Å². The molecule has 0 atom stereocenters. The van der Waals surface area contributed by atoms with Crippen LogP contribution in [-0.2, 0) is 6.61 Å². The number of methoxy groups -OCH3 is 1. The molecule has 0 aliphatic carbocycles. The van der Waals surface area contributed by atoms with Gasteiger partial charge in [-0.1, -0.05) is 18.2 Å². The van der Waals surface area contributed by atoms with Crippen LogP contribution in [0.2, 0.25) is 0 Å². The normalized spacial score (nSPS) is 13.8. The highest BCUT2D eigenvalue weighted by Crippen LogP contribution is 2.36. The van der Waals surface area contributed by atoms with Gasteiger partial charge in [-0.25, -0.2) is 22.0 Å². The Morgan fingerprint density at radius 3 is 2.25 bits per heavy atom. The molecule has 0 unspecified atom stereocenters. The molecule has 4 nitrogen and oxygen atoms in total. The number of ketones is 1. The van der Waals surface area contributed by atoms with Crippen LogP contribution >= 0.6 is 0 Å². The molecule has 32 heavy (non-hydrogen) atoms. The third kappa shape index (κ3) is 3.66. The molecule has 0 spiro atoms. The molecular weight excluding hydrogens is 435 g/mol. The Hall–Kier alpha value is -3.88. The summed E-state index contributed by atoms with van der Waals surface area (Å²) in [5, 5.41) is 0. The maximum absolute atomic E-state index is 13.8. The highest BCUT2D eigenvalue weighted by molar-refractivity contribution is 6.14.